The summed E-state index contributed by atoms with van der Waals surface area (Å²) in [6.45, 7) is 3.70. The first-order valence-corrected chi connectivity index (χ1v) is 8.23. The lowest BCUT2D eigenvalue weighted by molar-refractivity contribution is -0.134. The van der Waals surface area contributed by atoms with Crippen molar-refractivity contribution in [2.24, 2.45) is 11.3 Å². The van der Waals surface area contributed by atoms with E-state index in [1.165, 1.54) is 13.5 Å². The molecule has 1 saturated carbocycles. The van der Waals surface area contributed by atoms with E-state index in [0.717, 1.165) is 32.4 Å². The summed E-state index contributed by atoms with van der Waals surface area (Å²) < 4.78 is 10.3. The van der Waals surface area contributed by atoms with Gasteiger partial charge in [0.15, 0.2) is 0 Å². The number of esters is 1. The molecule has 0 aromatic carbocycles. The highest BCUT2D eigenvalue weighted by molar-refractivity contribution is 5.90. The summed E-state index contributed by atoms with van der Waals surface area (Å²) >= 11 is 0. The molecule has 0 spiro atoms. The molecule has 1 amide bonds. The van der Waals surface area contributed by atoms with Crippen molar-refractivity contribution in [3.8, 4) is 0 Å². The van der Waals surface area contributed by atoms with Gasteiger partial charge in [0.2, 0.25) is 5.91 Å². The molecule has 3 rings (SSSR count). The highest BCUT2D eigenvalue weighted by atomic mass is 35.5. The Balaban J connectivity index is 0.00000208. The van der Waals surface area contributed by atoms with Gasteiger partial charge in [0.05, 0.1) is 19.1 Å². The maximum absolute atomic E-state index is 12.8. The Labute approximate surface area is 148 Å². The van der Waals surface area contributed by atoms with Gasteiger partial charge in [0.25, 0.3) is 0 Å². The van der Waals surface area contributed by atoms with E-state index in [1.54, 1.807) is 13.0 Å². The predicted octanol–water partition coefficient (Wildman–Crippen LogP) is 2.19. The molecule has 1 aromatic heterocycles. The number of methoxy groups -OCH3 is 1. The predicted molar refractivity (Wildman–Crippen MR) is 91.1 cm³/mol. The van der Waals surface area contributed by atoms with Gasteiger partial charge in [-0.25, -0.2) is 4.79 Å². The number of carbonyl (C=O) groups is 2. The van der Waals surface area contributed by atoms with Crippen molar-refractivity contribution >= 4 is 24.3 Å². The number of hydrogen-bond acceptors (Lipinski definition) is 5. The Bertz CT molecular complexity index is 616. The van der Waals surface area contributed by atoms with E-state index in [4.69, 9.17) is 9.15 Å². The molecule has 6 nitrogen and oxygen atoms in total. The van der Waals surface area contributed by atoms with Gasteiger partial charge < -0.3 is 19.8 Å². The van der Waals surface area contributed by atoms with Gasteiger partial charge in [-0.05, 0) is 38.3 Å². The number of carbonyl (C=O) groups excluding carboxylic acids is 2. The van der Waals surface area contributed by atoms with E-state index in [-0.39, 0.29) is 23.7 Å². The van der Waals surface area contributed by atoms with E-state index in [1.807, 2.05) is 0 Å². The third-order valence-electron chi connectivity index (χ3n) is 5.29. The number of halogens is 1. The molecule has 0 radical (unpaired) electrons. The maximum atomic E-state index is 12.8. The van der Waals surface area contributed by atoms with Crippen molar-refractivity contribution in [1.82, 2.24) is 10.6 Å². The fourth-order valence-corrected chi connectivity index (χ4v) is 3.98. The lowest BCUT2D eigenvalue weighted by Gasteiger charge is -2.37. The lowest BCUT2D eigenvalue weighted by atomic mass is 9.67. The SMILES string of the molecule is COC(=O)c1cc(CNC(=O)[C@@]23CCCC[C@H]2CNC3)oc1C.Cl. The van der Waals surface area contributed by atoms with Crippen LogP contribution in [0.1, 0.15) is 47.6 Å². The van der Waals surface area contributed by atoms with E-state index >= 15 is 0 Å². The molecule has 2 N–H and O–H groups in total. The average Bonchev–Trinajstić information content (AvgIpc) is 3.16. The second-order valence-corrected chi connectivity index (χ2v) is 6.59. The molecule has 0 unspecified atom stereocenters. The Morgan fingerprint density at radius 1 is 1.46 bits per heavy atom. The van der Waals surface area contributed by atoms with Crippen LogP contribution in [0.2, 0.25) is 0 Å². The molecule has 134 valence electrons. The normalized spacial score (nSPS) is 25.5. The zero-order chi connectivity index (χ0) is 16.4. The van der Waals surface area contributed by atoms with Crippen LogP contribution in [-0.2, 0) is 16.1 Å². The topological polar surface area (TPSA) is 80.6 Å². The molecule has 1 aliphatic carbocycles. The summed E-state index contributed by atoms with van der Waals surface area (Å²) in [6.07, 6.45) is 4.38. The molecule has 2 fully saturated rings. The van der Waals surface area contributed by atoms with Crippen LogP contribution >= 0.6 is 12.4 Å². The summed E-state index contributed by atoms with van der Waals surface area (Å²) in [7, 11) is 1.34. The molecule has 0 bridgehead atoms. The molecule has 1 aromatic rings. The molecule has 24 heavy (non-hydrogen) atoms. The first kappa shape index (κ1) is 18.8. The summed E-state index contributed by atoms with van der Waals surface area (Å²) in [5.74, 6) is 1.19. The van der Waals surface area contributed by atoms with Crippen molar-refractivity contribution in [3.05, 3.63) is 23.2 Å². The Kier molecular flexibility index (Phi) is 5.93. The molecule has 2 aliphatic rings. The van der Waals surface area contributed by atoms with Crippen LogP contribution < -0.4 is 10.6 Å². The first-order valence-electron chi connectivity index (χ1n) is 8.23. The number of hydrogen-bond donors (Lipinski definition) is 2. The largest absolute Gasteiger partial charge is 0.465 e. The van der Waals surface area contributed by atoms with Crippen LogP contribution in [0.25, 0.3) is 0 Å². The summed E-state index contributed by atoms with van der Waals surface area (Å²) in [5, 5.41) is 6.38. The smallest absolute Gasteiger partial charge is 0.341 e. The Morgan fingerprint density at radius 2 is 2.25 bits per heavy atom. The van der Waals surface area contributed by atoms with E-state index in [9.17, 15) is 9.59 Å². The number of ether oxygens (including phenoxy) is 1. The minimum Gasteiger partial charge on any atom is -0.465 e. The summed E-state index contributed by atoms with van der Waals surface area (Å²) in [5.41, 5.74) is 0.137. The fourth-order valence-electron chi connectivity index (χ4n) is 3.98. The molecule has 1 aliphatic heterocycles. The maximum Gasteiger partial charge on any atom is 0.341 e. The van der Waals surface area contributed by atoms with Crippen molar-refractivity contribution in [1.29, 1.82) is 0 Å². The van der Waals surface area contributed by atoms with Crippen molar-refractivity contribution < 1.29 is 18.7 Å². The van der Waals surface area contributed by atoms with Gasteiger partial charge in [-0.2, -0.15) is 0 Å². The van der Waals surface area contributed by atoms with Crippen LogP contribution in [0.5, 0.6) is 0 Å². The van der Waals surface area contributed by atoms with Gasteiger partial charge in [-0.3, -0.25) is 4.79 Å². The van der Waals surface area contributed by atoms with Crippen molar-refractivity contribution in [3.63, 3.8) is 0 Å². The van der Waals surface area contributed by atoms with E-state index < -0.39 is 5.97 Å². The van der Waals surface area contributed by atoms with Crippen LogP contribution in [0.15, 0.2) is 10.5 Å². The van der Waals surface area contributed by atoms with Crippen molar-refractivity contribution in [2.75, 3.05) is 20.2 Å². The van der Waals surface area contributed by atoms with Crippen LogP contribution in [0, 0.1) is 18.3 Å². The minimum atomic E-state index is -0.422. The van der Waals surface area contributed by atoms with Crippen LogP contribution in [-0.4, -0.2) is 32.1 Å². The molecule has 2 atom stereocenters. The number of nitrogens with one attached hydrogen (secondary N) is 2. The number of furan rings is 1. The fraction of sp³-hybridized carbons (Fsp3) is 0.647. The molecular formula is C17H25ClN2O4. The van der Waals surface area contributed by atoms with E-state index in [0.29, 0.717) is 29.5 Å². The number of fused-ring (bicyclic) bond motifs is 1. The standard InChI is InChI=1S/C17H24N2O4.ClH/c1-11-14(15(20)22-2)7-13(23-11)9-19-16(21)17-6-4-3-5-12(17)8-18-10-17;/h7,12,18H,3-6,8-10H2,1-2H3,(H,19,21);1H/t12-,17+;/m0./s1. The van der Waals surface area contributed by atoms with Gasteiger partial charge in [0.1, 0.15) is 17.1 Å². The number of aryl methyl sites for hydroxylation is 1. The second-order valence-electron chi connectivity index (χ2n) is 6.59. The zero-order valence-corrected chi connectivity index (χ0v) is 15.0. The third-order valence-corrected chi connectivity index (χ3v) is 5.29. The van der Waals surface area contributed by atoms with E-state index in [2.05, 4.69) is 10.6 Å². The quantitative estimate of drug-likeness (QED) is 0.808. The Morgan fingerprint density at radius 3 is 3.00 bits per heavy atom. The lowest BCUT2D eigenvalue weighted by Crippen LogP contribution is -2.47. The van der Waals surface area contributed by atoms with Crippen LogP contribution in [0.4, 0.5) is 0 Å². The number of amides is 1. The highest BCUT2D eigenvalue weighted by Crippen LogP contribution is 2.43. The first-order chi connectivity index (χ1) is 11.1. The van der Waals surface area contributed by atoms with Gasteiger partial charge in [0, 0.05) is 6.54 Å². The zero-order valence-electron chi connectivity index (χ0n) is 14.1. The number of rotatable bonds is 4. The minimum absolute atomic E-state index is 0. The molecular weight excluding hydrogens is 332 g/mol. The average molecular weight is 357 g/mol. The Hall–Kier alpha value is -1.53. The second kappa shape index (κ2) is 7.57. The molecule has 2 heterocycles. The van der Waals surface area contributed by atoms with Crippen LogP contribution in [0.3, 0.4) is 0 Å². The third kappa shape index (κ3) is 3.30. The summed E-state index contributed by atoms with van der Waals surface area (Å²) in [6, 6.07) is 1.64. The van der Waals surface area contributed by atoms with Gasteiger partial charge in [-0.15, -0.1) is 12.4 Å². The summed E-state index contributed by atoms with van der Waals surface area (Å²) in [4.78, 5) is 24.4. The van der Waals surface area contributed by atoms with Crippen molar-refractivity contribution in [2.45, 2.75) is 39.2 Å². The molecule has 1 saturated heterocycles. The monoisotopic (exact) mass is 356 g/mol. The van der Waals surface area contributed by atoms with Gasteiger partial charge >= 0.3 is 5.97 Å². The molecule has 7 heteroatoms. The highest BCUT2D eigenvalue weighted by Gasteiger charge is 2.49. The van der Waals surface area contributed by atoms with Gasteiger partial charge in [-0.1, -0.05) is 12.8 Å².